The highest BCUT2D eigenvalue weighted by molar-refractivity contribution is 7.98. The van der Waals surface area contributed by atoms with Crippen molar-refractivity contribution in [1.29, 1.82) is 0 Å². The lowest BCUT2D eigenvalue weighted by molar-refractivity contribution is 0.0598. The molecule has 6 aromatic rings. The highest BCUT2D eigenvalue weighted by Crippen LogP contribution is 2.38. The van der Waals surface area contributed by atoms with Gasteiger partial charge in [-0.25, -0.2) is 9.78 Å². The maximum Gasteiger partial charge on any atom is 0.341 e. The zero-order valence-corrected chi connectivity index (χ0v) is 31.8. The van der Waals surface area contributed by atoms with Crippen molar-refractivity contribution in [2.24, 2.45) is 0 Å². The van der Waals surface area contributed by atoms with E-state index in [9.17, 15) is 4.79 Å². The third-order valence-corrected chi connectivity index (χ3v) is 9.71. The summed E-state index contributed by atoms with van der Waals surface area (Å²) in [5, 5.41) is 0.853. The molecule has 0 unspecified atom stereocenters. The van der Waals surface area contributed by atoms with Gasteiger partial charge in [-0.3, -0.25) is 0 Å². The molecule has 0 fully saturated rings. The predicted molar refractivity (Wildman–Crippen MR) is 214 cm³/mol. The van der Waals surface area contributed by atoms with Gasteiger partial charge in [0.05, 0.1) is 32.2 Å². The molecule has 0 radical (unpaired) electrons. The summed E-state index contributed by atoms with van der Waals surface area (Å²) >= 11 is 1.67. The Kier molecular flexibility index (Phi) is 13.7. The number of rotatable bonds is 19. The molecular weight excluding hydrogens is 697 g/mol. The maximum atomic E-state index is 12.4. The van der Waals surface area contributed by atoms with Crippen LogP contribution in [0.3, 0.4) is 0 Å². The summed E-state index contributed by atoms with van der Waals surface area (Å²) in [7, 11) is 1.36. The standard InChI is InChI=1S/C45H46N2O6S/c1-4-16-35-39(23-14-24-40(35)53-41-22-13-12-21-36(41)44(48)49-3)50-25-15-26-51-42-28-43(52-30-32-17-8-6-9-18-32)37(27-34(42)5-2)38-29-46-45(47-38)54-31-33-19-10-7-11-20-33/h6-14,17-24,27-29H,4-5,15-16,25-26,30-31H2,1-3H3,(H,46,47). The van der Waals surface area contributed by atoms with E-state index in [4.69, 9.17) is 23.7 Å². The van der Waals surface area contributed by atoms with Gasteiger partial charge in [0.1, 0.15) is 40.9 Å². The average molecular weight is 743 g/mol. The van der Waals surface area contributed by atoms with Crippen molar-refractivity contribution < 1.29 is 28.5 Å². The SMILES string of the molecule is CCCc1c(OCCCOc2cc(OCc3ccccc3)c(-c3cnc(SCc4ccccc4)[nH]3)cc2CC)cccc1Oc1ccccc1C(=O)OC. The van der Waals surface area contributed by atoms with Gasteiger partial charge in [0.15, 0.2) is 5.16 Å². The smallest absolute Gasteiger partial charge is 0.341 e. The third-order valence-electron chi connectivity index (χ3n) is 8.75. The molecule has 5 aromatic carbocycles. The fourth-order valence-corrected chi connectivity index (χ4v) is 6.77. The summed E-state index contributed by atoms with van der Waals surface area (Å²) in [6.07, 6.45) is 4.97. The van der Waals surface area contributed by atoms with E-state index in [1.807, 2.05) is 60.8 Å². The molecule has 0 saturated carbocycles. The molecule has 9 heteroatoms. The fraction of sp³-hybridized carbons (Fsp3) is 0.244. The van der Waals surface area contributed by atoms with Crippen LogP contribution in [0.5, 0.6) is 28.7 Å². The van der Waals surface area contributed by atoms with E-state index in [-0.39, 0.29) is 0 Å². The lowest BCUT2D eigenvalue weighted by Gasteiger charge is -2.18. The molecule has 54 heavy (non-hydrogen) atoms. The Labute approximate surface area is 321 Å². The number of carbonyl (C=O) groups excluding carboxylic acids is 1. The van der Waals surface area contributed by atoms with E-state index >= 15 is 0 Å². The zero-order chi connectivity index (χ0) is 37.5. The summed E-state index contributed by atoms with van der Waals surface area (Å²) in [5.74, 6) is 3.72. The van der Waals surface area contributed by atoms with E-state index in [1.165, 1.54) is 12.7 Å². The van der Waals surface area contributed by atoms with Crippen LogP contribution in [-0.2, 0) is 29.9 Å². The Morgan fingerprint density at radius 3 is 2.15 bits per heavy atom. The molecule has 0 aliphatic rings. The van der Waals surface area contributed by atoms with Crippen LogP contribution in [0.1, 0.15) is 59.3 Å². The first-order valence-electron chi connectivity index (χ1n) is 18.3. The molecule has 0 atom stereocenters. The Bertz CT molecular complexity index is 2100. The average Bonchev–Trinajstić information content (AvgIpc) is 3.69. The predicted octanol–water partition coefficient (Wildman–Crippen LogP) is 10.9. The molecule has 1 aromatic heterocycles. The number of para-hydroxylation sites is 1. The number of thioether (sulfide) groups is 1. The van der Waals surface area contributed by atoms with Gasteiger partial charge in [-0.1, -0.05) is 111 Å². The van der Waals surface area contributed by atoms with Gasteiger partial charge < -0.3 is 28.7 Å². The summed E-state index contributed by atoms with van der Waals surface area (Å²) in [6.45, 7) is 5.57. The van der Waals surface area contributed by atoms with Crippen molar-refractivity contribution >= 4 is 17.7 Å². The number of esters is 1. The molecule has 0 saturated heterocycles. The van der Waals surface area contributed by atoms with Crippen molar-refractivity contribution in [2.75, 3.05) is 20.3 Å². The second kappa shape index (κ2) is 19.4. The molecule has 1 N–H and O–H groups in total. The van der Waals surface area contributed by atoms with Gasteiger partial charge in [0.2, 0.25) is 0 Å². The second-order valence-electron chi connectivity index (χ2n) is 12.6. The molecule has 0 spiro atoms. The largest absolute Gasteiger partial charge is 0.493 e. The number of imidazole rings is 1. The van der Waals surface area contributed by atoms with E-state index in [1.54, 1.807) is 30.0 Å². The Morgan fingerprint density at radius 2 is 1.41 bits per heavy atom. The van der Waals surface area contributed by atoms with Gasteiger partial charge >= 0.3 is 5.97 Å². The minimum Gasteiger partial charge on any atom is -0.493 e. The van der Waals surface area contributed by atoms with Crippen LogP contribution in [0.25, 0.3) is 11.3 Å². The lowest BCUT2D eigenvalue weighted by atomic mass is 10.0. The number of aromatic nitrogens is 2. The van der Waals surface area contributed by atoms with Gasteiger partial charge in [0, 0.05) is 29.4 Å². The lowest BCUT2D eigenvalue weighted by Crippen LogP contribution is -2.08. The molecule has 0 aliphatic carbocycles. The number of aromatic amines is 1. The molecule has 8 nitrogen and oxygen atoms in total. The molecule has 0 aliphatic heterocycles. The number of benzene rings is 5. The summed E-state index contributed by atoms with van der Waals surface area (Å²) in [6, 6.07) is 37.5. The van der Waals surface area contributed by atoms with Crippen LogP contribution in [-0.4, -0.2) is 36.3 Å². The summed E-state index contributed by atoms with van der Waals surface area (Å²) in [5.41, 5.74) is 6.55. The fourth-order valence-electron chi connectivity index (χ4n) is 5.97. The number of hydrogen-bond donors (Lipinski definition) is 1. The number of H-pyrrole nitrogens is 1. The van der Waals surface area contributed by atoms with Gasteiger partial charge in [-0.15, -0.1) is 0 Å². The first-order valence-corrected chi connectivity index (χ1v) is 19.3. The third kappa shape index (κ3) is 10.0. The number of methoxy groups -OCH3 is 1. The quantitative estimate of drug-likeness (QED) is 0.0498. The minimum absolute atomic E-state index is 0.367. The Morgan fingerprint density at radius 1 is 0.722 bits per heavy atom. The number of aryl methyl sites for hydroxylation is 1. The van der Waals surface area contributed by atoms with E-state index < -0.39 is 5.97 Å². The Hall–Kier alpha value is -5.67. The highest BCUT2D eigenvalue weighted by Gasteiger charge is 2.18. The normalized spacial score (nSPS) is 10.9. The van der Waals surface area contributed by atoms with Crippen molar-refractivity contribution in [1.82, 2.24) is 9.97 Å². The zero-order valence-electron chi connectivity index (χ0n) is 31.0. The van der Waals surface area contributed by atoms with Crippen molar-refractivity contribution in [3.8, 4) is 40.0 Å². The minimum atomic E-state index is -0.449. The van der Waals surface area contributed by atoms with Crippen molar-refractivity contribution in [3.63, 3.8) is 0 Å². The molecule has 0 amide bonds. The van der Waals surface area contributed by atoms with Crippen molar-refractivity contribution in [3.05, 3.63) is 149 Å². The first kappa shape index (κ1) is 38.1. The van der Waals surface area contributed by atoms with Crippen LogP contribution in [0, 0.1) is 0 Å². The summed E-state index contributed by atoms with van der Waals surface area (Å²) in [4.78, 5) is 20.5. The number of ether oxygens (including phenoxy) is 5. The van der Waals surface area contributed by atoms with E-state index in [0.29, 0.717) is 43.3 Å². The van der Waals surface area contributed by atoms with Crippen molar-refractivity contribution in [2.45, 2.75) is 57.0 Å². The molecule has 0 bridgehead atoms. The maximum absolute atomic E-state index is 12.4. The van der Waals surface area contributed by atoms with Crippen LogP contribution in [0.4, 0.5) is 0 Å². The van der Waals surface area contributed by atoms with E-state index in [0.717, 1.165) is 75.4 Å². The summed E-state index contributed by atoms with van der Waals surface area (Å²) < 4.78 is 30.4. The number of nitrogens with one attached hydrogen (secondary N) is 1. The van der Waals surface area contributed by atoms with Crippen LogP contribution < -0.4 is 18.9 Å². The van der Waals surface area contributed by atoms with Gasteiger partial charge in [0.25, 0.3) is 0 Å². The number of carbonyl (C=O) groups is 1. The monoisotopic (exact) mass is 742 g/mol. The molecule has 6 rings (SSSR count). The second-order valence-corrected chi connectivity index (χ2v) is 13.5. The topological polar surface area (TPSA) is 91.9 Å². The van der Waals surface area contributed by atoms with Gasteiger partial charge in [-0.05, 0) is 59.9 Å². The highest BCUT2D eigenvalue weighted by atomic mass is 32.2. The van der Waals surface area contributed by atoms with Crippen LogP contribution in [0.15, 0.2) is 127 Å². The molecule has 1 heterocycles. The van der Waals surface area contributed by atoms with Crippen LogP contribution in [0.2, 0.25) is 0 Å². The first-order chi connectivity index (χ1) is 26.6. The number of hydrogen-bond acceptors (Lipinski definition) is 8. The van der Waals surface area contributed by atoms with Gasteiger partial charge in [-0.2, -0.15) is 0 Å². The molecule has 278 valence electrons. The number of nitrogens with zero attached hydrogens (tertiary/aromatic N) is 1. The van der Waals surface area contributed by atoms with Crippen LogP contribution >= 0.6 is 11.8 Å². The Balaban J connectivity index is 1.14. The molecular formula is C45H46N2O6S. The van der Waals surface area contributed by atoms with E-state index in [2.05, 4.69) is 66.3 Å².